The summed E-state index contributed by atoms with van der Waals surface area (Å²) in [5.74, 6) is -2.97. The molecule has 0 radical (unpaired) electrons. The minimum absolute atomic E-state index is 0.0493. The maximum Gasteiger partial charge on any atom is 0.393 e. The summed E-state index contributed by atoms with van der Waals surface area (Å²) in [7, 11) is 0. The van der Waals surface area contributed by atoms with Gasteiger partial charge in [-0.05, 0) is 11.1 Å². The van der Waals surface area contributed by atoms with Gasteiger partial charge in [0.2, 0.25) is 0 Å². The number of aliphatic carboxylic acids is 1. The number of carboxylic acids is 1. The van der Waals surface area contributed by atoms with Gasteiger partial charge in [0.05, 0.1) is 19.0 Å². The molecule has 0 aliphatic heterocycles. The molecule has 0 amide bonds. The van der Waals surface area contributed by atoms with E-state index in [0.717, 1.165) is 0 Å². The van der Waals surface area contributed by atoms with E-state index >= 15 is 0 Å². The van der Waals surface area contributed by atoms with Crippen LogP contribution in [-0.2, 0) is 11.2 Å². The molecular weight excluding hydrogens is 264 g/mol. The van der Waals surface area contributed by atoms with Crippen LogP contribution in [0, 0.1) is 5.92 Å². The van der Waals surface area contributed by atoms with Gasteiger partial charge in [-0.2, -0.15) is 13.2 Å². The lowest BCUT2D eigenvalue weighted by molar-refractivity contribution is -0.140. The number of benzene rings is 1. The van der Waals surface area contributed by atoms with Gasteiger partial charge < -0.3 is 5.11 Å². The lowest BCUT2D eigenvalue weighted by Gasteiger charge is -2.18. The molecule has 1 aromatic carbocycles. The SMILES string of the molecule is CC(CF)C(C(=O)O)c1ccc(CC(F)(F)F)cc1. The van der Waals surface area contributed by atoms with E-state index in [1.54, 1.807) is 0 Å². The van der Waals surface area contributed by atoms with E-state index in [1.807, 2.05) is 0 Å². The van der Waals surface area contributed by atoms with Crippen LogP contribution in [0.1, 0.15) is 24.0 Å². The fraction of sp³-hybridized carbons (Fsp3) is 0.462. The Kier molecular flexibility index (Phi) is 4.91. The average Bonchev–Trinajstić information content (AvgIpc) is 2.29. The first-order valence-electron chi connectivity index (χ1n) is 5.69. The molecule has 1 N–H and O–H groups in total. The van der Waals surface area contributed by atoms with Crippen LogP contribution in [0.4, 0.5) is 17.6 Å². The quantitative estimate of drug-likeness (QED) is 0.836. The molecular formula is C13H14F4O2. The standard InChI is InChI=1S/C13H14F4O2/c1-8(7-14)11(12(18)19)10-4-2-9(3-5-10)6-13(15,16)17/h2-5,8,11H,6-7H2,1H3,(H,18,19). The van der Waals surface area contributed by atoms with Gasteiger partial charge >= 0.3 is 12.1 Å². The Labute approximate surface area is 108 Å². The number of carboxylic acid groups (broad SMARTS) is 1. The summed E-state index contributed by atoms with van der Waals surface area (Å²) < 4.78 is 49.1. The van der Waals surface area contributed by atoms with Gasteiger partial charge in [-0.3, -0.25) is 9.18 Å². The van der Waals surface area contributed by atoms with Crippen LogP contribution in [0.2, 0.25) is 0 Å². The maximum atomic E-state index is 12.6. The molecule has 0 saturated heterocycles. The van der Waals surface area contributed by atoms with Crippen LogP contribution in [0.5, 0.6) is 0 Å². The molecule has 0 fully saturated rings. The van der Waals surface area contributed by atoms with Crippen LogP contribution < -0.4 is 0 Å². The first-order chi connectivity index (χ1) is 8.74. The van der Waals surface area contributed by atoms with E-state index in [9.17, 15) is 22.4 Å². The third-order valence-corrected chi connectivity index (χ3v) is 2.82. The molecule has 1 rings (SSSR count). The molecule has 2 nitrogen and oxygen atoms in total. The third kappa shape index (κ3) is 4.54. The largest absolute Gasteiger partial charge is 0.481 e. The van der Waals surface area contributed by atoms with Gasteiger partial charge in [-0.25, -0.2) is 0 Å². The highest BCUT2D eigenvalue weighted by Gasteiger charge is 2.29. The molecule has 0 heterocycles. The van der Waals surface area contributed by atoms with Crippen molar-refractivity contribution >= 4 is 5.97 Å². The zero-order valence-electron chi connectivity index (χ0n) is 10.2. The van der Waals surface area contributed by atoms with Crippen molar-refractivity contribution in [3.8, 4) is 0 Å². The van der Waals surface area contributed by atoms with E-state index in [2.05, 4.69) is 0 Å². The Morgan fingerprint density at radius 3 is 2.16 bits per heavy atom. The summed E-state index contributed by atoms with van der Waals surface area (Å²) >= 11 is 0. The van der Waals surface area contributed by atoms with E-state index in [0.29, 0.717) is 5.56 Å². The van der Waals surface area contributed by atoms with Crippen LogP contribution in [-0.4, -0.2) is 23.9 Å². The molecule has 6 heteroatoms. The molecule has 0 bridgehead atoms. The second-order valence-corrected chi connectivity index (χ2v) is 4.48. The zero-order valence-corrected chi connectivity index (χ0v) is 10.2. The predicted molar refractivity (Wildman–Crippen MR) is 61.7 cm³/mol. The van der Waals surface area contributed by atoms with E-state index in [1.165, 1.54) is 31.2 Å². The first kappa shape index (κ1) is 15.5. The lowest BCUT2D eigenvalue weighted by atomic mass is 9.87. The molecule has 2 unspecified atom stereocenters. The smallest absolute Gasteiger partial charge is 0.393 e. The maximum absolute atomic E-state index is 12.6. The number of carbonyl (C=O) groups is 1. The van der Waals surface area contributed by atoms with Crippen molar-refractivity contribution in [2.24, 2.45) is 5.92 Å². The number of alkyl halides is 4. The van der Waals surface area contributed by atoms with Crippen molar-refractivity contribution in [3.05, 3.63) is 35.4 Å². The summed E-state index contributed by atoms with van der Waals surface area (Å²) in [6.45, 7) is 0.643. The number of rotatable bonds is 5. The summed E-state index contributed by atoms with van der Waals surface area (Å²) in [6, 6.07) is 5.07. The minimum atomic E-state index is -4.31. The minimum Gasteiger partial charge on any atom is -0.481 e. The first-order valence-corrected chi connectivity index (χ1v) is 5.69. The van der Waals surface area contributed by atoms with E-state index in [-0.39, 0.29) is 5.56 Å². The highest BCUT2D eigenvalue weighted by molar-refractivity contribution is 5.76. The van der Waals surface area contributed by atoms with Gasteiger partial charge in [-0.1, -0.05) is 31.2 Å². The van der Waals surface area contributed by atoms with Crippen molar-refractivity contribution in [3.63, 3.8) is 0 Å². The average molecular weight is 278 g/mol. The van der Waals surface area contributed by atoms with Crippen molar-refractivity contribution in [1.29, 1.82) is 0 Å². The number of hydrogen-bond acceptors (Lipinski definition) is 1. The van der Waals surface area contributed by atoms with Crippen LogP contribution in [0.3, 0.4) is 0 Å². The van der Waals surface area contributed by atoms with Crippen molar-refractivity contribution in [2.45, 2.75) is 25.4 Å². The summed E-state index contributed by atoms with van der Waals surface area (Å²) in [6.07, 6.45) is -5.37. The second kappa shape index (κ2) is 6.04. The van der Waals surface area contributed by atoms with Gasteiger partial charge in [0.1, 0.15) is 0 Å². The number of hydrogen-bond donors (Lipinski definition) is 1. The highest BCUT2D eigenvalue weighted by Crippen LogP contribution is 2.27. The lowest BCUT2D eigenvalue weighted by Crippen LogP contribution is -2.21. The predicted octanol–water partition coefficient (Wildman–Crippen LogP) is 3.57. The van der Waals surface area contributed by atoms with Crippen molar-refractivity contribution in [2.75, 3.05) is 6.67 Å². The molecule has 2 atom stereocenters. The van der Waals surface area contributed by atoms with Crippen molar-refractivity contribution < 1.29 is 27.5 Å². The van der Waals surface area contributed by atoms with Gasteiger partial charge in [0.15, 0.2) is 0 Å². The Morgan fingerprint density at radius 2 is 1.79 bits per heavy atom. The molecule has 0 saturated carbocycles. The Morgan fingerprint density at radius 1 is 1.26 bits per heavy atom. The normalized spacial score (nSPS) is 15.0. The van der Waals surface area contributed by atoms with Crippen LogP contribution in [0.15, 0.2) is 24.3 Å². The molecule has 0 aliphatic carbocycles. The summed E-state index contributed by atoms with van der Waals surface area (Å²) in [5, 5.41) is 9.04. The van der Waals surface area contributed by atoms with Crippen molar-refractivity contribution in [1.82, 2.24) is 0 Å². The van der Waals surface area contributed by atoms with E-state index < -0.39 is 37.1 Å². The fourth-order valence-electron chi connectivity index (χ4n) is 1.88. The van der Waals surface area contributed by atoms with E-state index in [4.69, 9.17) is 5.11 Å². The van der Waals surface area contributed by atoms with Gasteiger partial charge in [0, 0.05) is 5.92 Å². The zero-order chi connectivity index (χ0) is 14.6. The molecule has 19 heavy (non-hydrogen) atoms. The second-order valence-electron chi connectivity index (χ2n) is 4.48. The molecule has 106 valence electrons. The van der Waals surface area contributed by atoms with Crippen LogP contribution in [0.25, 0.3) is 0 Å². The summed E-state index contributed by atoms with van der Waals surface area (Å²) in [4.78, 5) is 11.1. The Balaban J connectivity index is 2.93. The fourth-order valence-corrected chi connectivity index (χ4v) is 1.88. The summed E-state index contributed by atoms with van der Waals surface area (Å²) in [5.41, 5.74) is 0.358. The Hall–Kier alpha value is -1.59. The number of halogens is 4. The van der Waals surface area contributed by atoms with Gasteiger partial charge in [0.25, 0.3) is 0 Å². The van der Waals surface area contributed by atoms with Crippen LogP contribution >= 0.6 is 0 Å². The highest BCUT2D eigenvalue weighted by atomic mass is 19.4. The molecule has 1 aromatic rings. The molecule has 0 aromatic heterocycles. The third-order valence-electron chi connectivity index (χ3n) is 2.82. The Bertz CT molecular complexity index is 425. The molecule has 0 spiro atoms. The monoisotopic (exact) mass is 278 g/mol. The van der Waals surface area contributed by atoms with Gasteiger partial charge in [-0.15, -0.1) is 0 Å². The topological polar surface area (TPSA) is 37.3 Å². The molecule has 0 aliphatic rings.